The van der Waals surface area contributed by atoms with E-state index in [1.807, 2.05) is 60.8 Å². The fourth-order valence-corrected chi connectivity index (χ4v) is 3.25. The number of nitrogens with one attached hydrogen (secondary N) is 3. The number of nitrogens with zero attached hydrogens (tertiary/aromatic N) is 4. The first-order chi connectivity index (χ1) is 14.8. The minimum atomic E-state index is -0.115. The second kappa shape index (κ2) is 9.96. The summed E-state index contributed by atoms with van der Waals surface area (Å²) in [6.07, 6.45) is 6.12. The largest absolute Gasteiger partial charge is 0.374 e. The van der Waals surface area contributed by atoms with Crippen LogP contribution in [0.4, 0.5) is 5.69 Å². The van der Waals surface area contributed by atoms with E-state index in [4.69, 9.17) is 16.6 Å². The number of benzene rings is 1. The Morgan fingerprint density at radius 2 is 1.90 bits per heavy atom. The maximum absolute atomic E-state index is 6.15. The van der Waals surface area contributed by atoms with Gasteiger partial charge in [0.2, 0.25) is 0 Å². The molecule has 0 amide bonds. The molecule has 0 aliphatic rings. The first-order valence-electron chi connectivity index (χ1n) is 9.73. The van der Waals surface area contributed by atoms with Gasteiger partial charge in [-0.15, -0.1) is 0 Å². The van der Waals surface area contributed by atoms with Gasteiger partial charge < -0.3 is 10.6 Å². The van der Waals surface area contributed by atoms with Crippen LogP contribution < -0.4 is 10.6 Å². The lowest BCUT2D eigenvalue weighted by molar-refractivity contribution is 0.600. The Bertz CT molecular complexity index is 1050. The third-order valence-corrected chi connectivity index (χ3v) is 4.80. The Balaban J connectivity index is 1.46. The molecule has 1 atom stereocenters. The molecule has 8 heteroatoms. The maximum Gasteiger partial charge on any atom is 0.181 e. The molecule has 0 radical (unpaired) electrons. The van der Waals surface area contributed by atoms with E-state index in [2.05, 4.69) is 30.8 Å². The second-order valence-electron chi connectivity index (χ2n) is 6.76. The molecule has 3 N–H and O–H groups in total. The van der Waals surface area contributed by atoms with Gasteiger partial charge in [-0.3, -0.25) is 15.1 Å². The maximum atomic E-state index is 6.15. The molecule has 0 aliphatic carbocycles. The summed E-state index contributed by atoms with van der Waals surface area (Å²) in [6, 6.07) is 17.2. The van der Waals surface area contributed by atoms with Crippen molar-refractivity contribution in [3.8, 4) is 11.4 Å². The van der Waals surface area contributed by atoms with E-state index in [1.54, 1.807) is 12.4 Å². The van der Waals surface area contributed by atoms with E-state index >= 15 is 0 Å². The Kier molecular flexibility index (Phi) is 6.64. The normalized spacial score (nSPS) is 11.9. The SMILES string of the molecule is Clc1cccc(NC(CNCCc2ccccn2)c2nc(-c3ccncc3)n[nH]2)c1. The predicted molar refractivity (Wildman–Crippen MR) is 118 cm³/mol. The van der Waals surface area contributed by atoms with Gasteiger partial charge >= 0.3 is 0 Å². The number of anilines is 1. The van der Waals surface area contributed by atoms with Gasteiger partial charge in [0, 0.05) is 60.1 Å². The summed E-state index contributed by atoms with van der Waals surface area (Å²) in [6.45, 7) is 1.46. The molecule has 0 bridgehead atoms. The van der Waals surface area contributed by atoms with Gasteiger partial charge in [0.15, 0.2) is 5.82 Å². The van der Waals surface area contributed by atoms with Crippen molar-refractivity contribution in [2.45, 2.75) is 12.5 Å². The number of halogens is 1. The highest BCUT2D eigenvalue weighted by Crippen LogP contribution is 2.22. The fraction of sp³-hybridized carbons (Fsp3) is 0.182. The first-order valence-corrected chi connectivity index (χ1v) is 10.1. The van der Waals surface area contributed by atoms with Crippen LogP contribution in [0.1, 0.15) is 17.6 Å². The average molecular weight is 420 g/mol. The average Bonchev–Trinajstić information content (AvgIpc) is 3.27. The minimum Gasteiger partial charge on any atom is -0.374 e. The molecule has 152 valence electrons. The predicted octanol–water partition coefficient (Wildman–Crippen LogP) is 3.90. The van der Waals surface area contributed by atoms with E-state index in [-0.39, 0.29) is 6.04 Å². The standard InChI is InChI=1S/C22H22ClN7/c23-17-4-3-6-19(14-17)27-20(15-25-13-9-18-5-1-2-10-26-18)22-28-21(29-30-22)16-7-11-24-12-8-16/h1-8,10-12,14,20,25,27H,9,13,15H2,(H,28,29,30). The van der Waals surface area contributed by atoms with Gasteiger partial charge in [0.1, 0.15) is 5.82 Å². The van der Waals surface area contributed by atoms with Crippen LogP contribution >= 0.6 is 11.6 Å². The Hall–Kier alpha value is -3.29. The Morgan fingerprint density at radius 3 is 2.70 bits per heavy atom. The molecule has 3 heterocycles. The van der Waals surface area contributed by atoms with E-state index in [0.717, 1.165) is 35.7 Å². The molecule has 4 rings (SSSR count). The van der Waals surface area contributed by atoms with Crippen molar-refractivity contribution >= 4 is 17.3 Å². The van der Waals surface area contributed by atoms with Crippen LogP contribution in [-0.2, 0) is 6.42 Å². The fourth-order valence-electron chi connectivity index (χ4n) is 3.06. The topological polar surface area (TPSA) is 91.4 Å². The van der Waals surface area contributed by atoms with Crippen LogP contribution in [0.15, 0.2) is 73.2 Å². The molecule has 30 heavy (non-hydrogen) atoms. The van der Waals surface area contributed by atoms with E-state index < -0.39 is 0 Å². The molecule has 0 aliphatic heterocycles. The molecular weight excluding hydrogens is 398 g/mol. The van der Waals surface area contributed by atoms with E-state index in [1.165, 1.54) is 0 Å². The van der Waals surface area contributed by atoms with E-state index in [0.29, 0.717) is 17.4 Å². The van der Waals surface area contributed by atoms with Crippen molar-refractivity contribution in [1.29, 1.82) is 0 Å². The van der Waals surface area contributed by atoms with Crippen LogP contribution in [0.25, 0.3) is 11.4 Å². The lowest BCUT2D eigenvalue weighted by atomic mass is 10.2. The van der Waals surface area contributed by atoms with Crippen LogP contribution in [0.5, 0.6) is 0 Å². The summed E-state index contributed by atoms with van der Waals surface area (Å²) < 4.78 is 0. The van der Waals surface area contributed by atoms with Gasteiger partial charge in [-0.2, -0.15) is 5.10 Å². The van der Waals surface area contributed by atoms with Crippen LogP contribution in [0.2, 0.25) is 5.02 Å². The zero-order chi connectivity index (χ0) is 20.6. The number of aromatic amines is 1. The molecule has 0 fully saturated rings. The van der Waals surface area contributed by atoms with Crippen molar-refractivity contribution in [3.05, 3.63) is 89.7 Å². The van der Waals surface area contributed by atoms with E-state index in [9.17, 15) is 0 Å². The van der Waals surface area contributed by atoms with Gasteiger partial charge in [-0.05, 0) is 42.5 Å². The summed E-state index contributed by atoms with van der Waals surface area (Å²) in [7, 11) is 0. The highest BCUT2D eigenvalue weighted by Gasteiger charge is 2.17. The number of hydrogen-bond acceptors (Lipinski definition) is 6. The summed E-state index contributed by atoms with van der Waals surface area (Å²) in [4.78, 5) is 13.1. The lowest BCUT2D eigenvalue weighted by Crippen LogP contribution is -2.29. The summed E-state index contributed by atoms with van der Waals surface area (Å²) in [5.41, 5.74) is 2.89. The van der Waals surface area contributed by atoms with Crippen molar-refractivity contribution in [1.82, 2.24) is 30.5 Å². The molecule has 1 unspecified atom stereocenters. The minimum absolute atomic E-state index is 0.115. The number of hydrogen-bond donors (Lipinski definition) is 3. The monoisotopic (exact) mass is 419 g/mol. The summed E-state index contributed by atoms with van der Waals surface area (Å²) >= 11 is 6.15. The molecule has 4 aromatic rings. The van der Waals surface area contributed by atoms with Crippen molar-refractivity contribution in [2.24, 2.45) is 0 Å². The molecule has 1 aromatic carbocycles. The van der Waals surface area contributed by atoms with Crippen LogP contribution in [0.3, 0.4) is 0 Å². The number of rotatable bonds is 9. The first kappa shape index (κ1) is 20.0. The third-order valence-electron chi connectivity index (χ3n) is 4.57. The molecule has 3 aromatic heterocycles. The number of H-pyrrole nitrogens is 1. The molecule has 0 spiro atoms. The van der Waals surface area contributed by atoms with Gasteiger partial charge in [0.05, 0.1) is 6.04 Å². The Labute approximate surface area is 180 Å². The smallest absolute Gasteiger partial charge is 0.181 e. The van der Waals surface area contributed by atoms with Gasteiger partial charge in [-0.25, -0.2) is 4.98 Å². The van der Waals surface area contributed by atoms with Gasteiger partial charge in [0.25, 0.3) is 0 Å². The third kappa shape index (κ3) is 5.40. The summed E-state index contributed by atoms with van der Waals surface area (Å²) in [5.74, 6) is 1.38. The van der Waals surface area contributed by atoms with Crippen LogP contribution in [0, 0.1) is 0 Å². The lowest BCUT2D eigenvalue weighted by Gasteiger charge is -2.18. The highest BCUT2D eigenvalue weighted by molar-refractivity contribution is 6.30. The summed E-state index contributed by atoms with van der Waals surface area (Å²) in [5, 5.41) is 15.1. The highest BCUT2D eigenvalue weighted by atomic mass is 35.5. The van der Waals surface area contributed by atoms with Crippen molar-refractivity contribution < 1.29 is 0 Å². The second-order valence-corrected chi connectivity index (χ2v) is 7.20. The zero-order valence-electron chi connectivity index (χ0n) is 16.3. The quantitative estimate of drug-likeness (QED) is 0.356. The number of pyridine rings is 2. The van der Waals surface area contributed by atoms with Crippen molar-refractivity contribution in [3.63, 3.8) is 0 Å². The molecular formula is C22H22ClN7. The Morgan fingerprint density at radius 1 is 1.00 bits per heavy atom. The van der Waals surface area contributed by atoms with Gasteiger partial charge in [-0.1, -0.05) is 23.7 Å². The zero-order valence-corrected chi connectivity index (χ0v) is 17.0. The van der Waals surface area contributed by atoms with Crippen LogP contribution in [-0.4, -0.2) is 38.2 Å². The molecule has 7 nitrogen and oxygen atoms in total. The van der Waals surface area contributed by atoms with Crippen molar-refractivity contribution in [2.75, 3.05) is 18.4 Å². The number of aromatic nitrogens is 5. The molecule has 0 saturated carbocycles. The molecule has 0 saturated heterocycles.